The average molecular weight is 482 g/mol. The molecule has 0 saturated heterocycles. The van der Waals surface area contributed by atoms with E-state index < -0.39 is 15.9 Å². The van der Waals surface area contributed by atoms with Crippen LogP contribution in [-0.4, -0.2) is 25.1 Å². The van der Waals surface area contributed by atoms with Crippen molar-refractivity contribution < 1.29 is 13.2 Å². The molecule has 0 bridgehead atoms. The third-order valence-corrected chi connectivity index (χ3v) is 7.94. The predicted molar refractivity (Wildman–Crippen MR) is 120 cm³/mol. The molecule has 0 aliphatic rings. The Morgan fingerprint density at radius 1 is 1.30 bits per heavy atom. The highest BCUT2D eigenvalue weighted by Crippen LogP contribution is 2.20. The van der Waals surface area contributed by atoms with Crippen LogP contribution in [0.1, 0.15) is 15.2 Å². The lowest BCUT2D eigenvalue weighted by Crippen LogP contribution is -2.17. The summed E-state index contributed by atoms with van der Waals surface area (Å²) in [7, 11) is -3.87. The molecule has 3 rings (SSSR count). The number of hydrazone groups is 1. The Morgan fingerprint density at radius 3 is 2.67 bits per heavy atom. The van der Waals surface area contributed by atoms with Gasteiger partial charge in [-0.25, -0.2) is 5.43 Å². The largest absolute Gasteiger partial charge is 0.399 e. The number of hydrogen-bond acceptors (Lipinski definition) is 7. The molecule has 12 heteroatoms. The maximum absolute atomic E-state index is 12.5. The van der Waals surface area contributed by atoms with Gasteiger partial charge in [0.25, 0.3) is 15.9 Å². The molecule has 0 aliphatic carbocycles. The molecule has 1 amide bonds. The van der Waals surface area contributed by atoms with Crippen LogP contribution in [-0.2, 0) is 16.6 Å². The van der Waals surface area contributed by atoms with Crippen molar-refractivity contribution in [2.75, 3.05) is 5.73 Å². The molecular weight excluding hydrogens is 466 g/mol. The number of nitrogens with one attached hydrogen (secondary N) is 1. The number of nitrogen functional groups attached to an aromatic ring is 1. The number of amides is 1. The normalized spacial score (nSPS) is 12.4. The van der Waals surface area contributed by atoms with E-state index in [0.717, 1.165) is 22.7 Å². The zero-order valence-corrected chi connectivity index (χ0v) is 18.6. The highest BCUT2D eigenvalue weighted by molar-refractivity contribution is 7.92. The van der Waals surface area contributed by atoms with Gasteiger partial charge in [0.05, 0.1) is 11.1 Å². The van der Waals surface area contributed by atoms with Crippen molar-refractivity contribution in [2.45, 2.75) is 10.8 Å². The van der Waals surface area contributed by atoms with E-state index in [1.165, 1.54) is 16.8 Å². The molecule has 1 aromatic carbocycles. The van der Waals surface area contributed by atoms with Gasteiger partial charge < -0.3 is 10.3 Å². The van der Waals surface area contributed by atoms with Crippen molar-refractivity contribution in [1.82, 2.24) is 9.99 Å². The van der Waals surface area contributed by atoms with Crippen LogP contribution in [0.3, 0.4) is 0 Å². The summed E-state index contributed by atoms with van der Waals surface area (Å²) in [5, 5.41) is 5.79. The molecule has 30 heavy (non-hydrogen) atoms. The van der Waals surface area contributed by atoms with Gasteiger partial charge in [0.2, 0.25) is 4.80 Å². The number of rotatable bonds is 7. The molecule has 2 aromatic heterocycles. The van der Waals surface area contributed by atoms with E-state index in [9.17, 15) is 13.2 Å². The topological polar surface area (TPSA) is 119 Å². The zero-order chi connectivity index (χ0) is 21.7. The molecule has 3 aromatic rings. The number of thiophene rings is 1. The Morgan fingerprint density at radius 2 is 2.03 bits per heavy atom. The van der Waals surface area contributed by atoms with Crippen molar-refractivity contribution in [2.24, 2.45) is 9.50 Å². The van der Waals surface area contributed by atoms with Gasteiger partial charge in [0.15, 0.2) is 0 Å². The lowest BCUT2D eigenvalue weighted by molar-refractivity contribution is 0.0955. The zero-order valence-electron chi connectivity index (χ0n) is 15.4. The number of halogens is 1. The van der Waals surface area contributed by atoms with E-state index in [4.69, 9.17) is 17.3 Å². The van der Waals surface area contributed by atoms with Gasteiger partial charge in [0.1, 0.15) is 9.36 Å². The van der Waals surface area contributed by atoms with Crippen LogP contribution in [0.5, 0.6) is 0 Å². The summed E-state index contributed by atoms with van der Waals surface area (Å²) < 4.78 is 30.5. The monoisotopic (exact) mass is 481 g/mol. The Bertz CT molecular complexity index is 1260. The predicted octanol–water partition coefficient (Wildman–Crippen LogP) is 3.09. The highest BCUT2D eigenvalue weighted by Gasteiger charge is 2.17. The van der Waals surface area contributed by atoms with Gasteiger partial charge in [-0.1, -0.05) is 35.1 Å². The summed E-state index contributed by atoms with van der Waals surface area (Å²) in [6.07, 6.45) is 2.90. The molecule has 3 N–H and O–H groups in total. The van der Waals surface area contributed by atoms with Crippen molar-refractivity contribution in [1.29, 1.82) is 0 Å². The van der Waals surface area contributed by atoms with Crippen LogP contribution in [0.15, 0.2) is 68.1 Å². The molecule has 2 heterocycles. The number of aromatic nitrogens is 1. The minimum Gasteiger partial charge on any atom is -0.399 e. The fourth-order valence-corrected chi connectivity index (χ4v) is 5.69. The van der Waals surface area contributed by atoms with E-state index in [-0.39, 0.29) is 20.7 Å². The molecule has 0 unspecified atom stereocenters. The molecule has 0 radical (unpaired) electrons. The number of carbonyl (C=O) groups excluding carboxylic acids is 1. The summed E-state index contributed by atoms with van der Waals surface area (Å²) in [5.74, 6) is -0.428. The fourth-order valence-electron chi connectivity index (χ4n) is 2.25. The van der Waals surface area contributed by atoms with Gasteiger partial charge in [0, 0.05) is 17.8 Å². The van der Waals surface area contributed by atoms with Gasteiger partial charge in [-0.2, -0.15) is 13.5 Å². The number of nitrogens with two attached hydrogens (primary N) is 1. The van der Waals surface area contributed by atoms with Crippen LogP contribution >= 0.6 is 34.3 Å². The van der Waals surface area contributed by atoms with Gasteiger partial charge in [-0.3, -0.25) is 4.79 Å². The first-order valence-corrected chi connectivity index (χ1v) is 11.9. The van der Waals surface area contributed by atoms with Crippen molar-refractivity contribution in [3.63, 3.8) is 0 Å². The summed E-state index contributed by atoms with van der Waals surface area (Å²) in [5.41, 5.74) is 8.92. The lowest BCUT2D eigenvalue weighted by Gasteiger charge is -2.01. The Hall–Kier alpha value is -2.73. The molecule has 156 valence electrons. The number of carbonyl (C=O) groups is 1. The first-order valence-electron chi connectivity index (χ1n) is 8.35. The summed E-state index contributed by atoms with van der Waals surface area (Å²) in [6, 6.07) is 9.47. The standard InChI is InChI=1S/C18H16ClN5O3S3/c1-2-9-24-16(19)14(11-21-22-17(25)12-5-7-13(20)8-6-12)29-18(24)23-30(26,27)15-4-3-10-28-15/h2-8,10-11H,1,9,20H2,(H,22,25)/b21-11+,23-18-. The second kappa shape index (κ2) is 9.39. The van der Waals surface area contributed by atoms with Crippen LogP contribution in [0.4, 0.5) is 5.69 Å². The third-order valence-electron chi connectivity index (χ3n) is 3.65. The molecule has 0 fully saturated rings. The Balaban J connectivity index is 1.89. The molecular formula is C18H16ClN5O3S3. The number of benzene rings is 1. The minimum absolute atomic E-state index is 0.128. The second-order valence-corrected chi connectivity index (χ2v) is 9.90. The van der Waals surface area contributed by atoms with Crippen LogP contribution < -0.4 is 16.0 Å². The van der Waals surface area contributed by atoms with Crippen LogP contribution in [0.2, 0.25) is 5.15 Å². The van der Waals surface area contributed by atoms with Crippen molar-refractivity contribution >= 4 is 62.1 Å². The fraction of sp³-hybridized carbons (Fsp3) is 0.0556. The number of sulfonamides is 1. The number of anilines is 1. The van der Waals surface area contributed by atoms with Crippen LogP contribution in [0, 0.1) is 0 Å². The van der Waals surface area contributed by atoms with E-state index in [1.54, 1.807) is 41.8 Å². The highest BCUT2D eigenvalue weighted by atomic mass is 35.5. The maximum atomic E-state index is 12.5. The lowest BCUT2D eigenvalue weighted by atomic mass is 10.2. The minimum atomic E-state index is -3.87. The van der Waals surface area contributed by atoms with Gasteiger partial charge in [-0.05, 0) is 35.7 Å². The molecule has 0 aliphatic heterocycles. The first kappa shape index (κ1) is 22.0. The number of thiazole rings is 1. The number of nitrogens with zero attached hydrogens (tertiary/aromatic N) is 3. The SMILES string of the molecule is C=CCn1c(Cl)c(/C=N/NC(=O)c2ccc(N)cc2)s/c1=N\S(=O)(=O)c1cccs1. The van der Waals surface area contributed by atoms with Crippen molar-refractivity contribution in [3.8, 4) is 0 Å². The summed E-state index contributed by atoms with van der Waals surface area (Å²) >= 11 is 8.47. The Kier molecular flexibility index (Phi) is 6.87. The average Bonchev–Trinajstić information content (AvgIpc) is 3.34. The van der Waals surface area contributed by atoms with E-state index in [0.29, 0.717) is 16.1 Å². The molecule has 0 atom stereocenters. The number of allylic oxidation sites excluding steroid dienone is 1. The van der Waals surface area contributed by atoms with E-state index >= 15 is 0 Å². The summed E-state index contributed by atoms with van der Waals surface area (Å²) in [4.78, 5) is 12.7. The van der Waals surface area contributed by atoms with E-state index in [1.807, 2.05) is 0 Å². The van der Waals surface area contributed by atoms with Gasteiger partial charge in [-0.15, -0.1) is 22.3 Å². The third kappa shape index (κ3) is 5.05. The molecule has 8 nitrogen and oxygen atoms in total. The summed E-state index contributed by atoms with van der Waals surface area (Å²) in [6.45, 7) is 3.91. The molecule has 0 saturated carbocycles. The van der Waals surface area contributed by atoms with Gasteiger partial charge >= 0.3 is 0 Å². The number of hydrogen-bond donors (Lipinski definition) is 2. The smallest absolute Gasteiger partial charge is 0.294 e. The van der Waals surface area contributed by atoms with Crippen LogP contribution in [0.25, 0.3) is 0 Å². The quantitative estimate of drug-likeness (QED) is 0.233. The first-order chi connectivity index (χ1) is 14.3. The second-order valence-electron chi connectivity index (χ2n) is 5.76. The Labute approximate surface area is 185 Å². The molecule has 0 spiro atoms. The van der Waals surface area contributed by atoms with E-state index in [2.05, 4.69) is 21.5 Å². The maximum Gasteiger partial charge on any atom is 0.294 e. The van der Waals surface area contributed by atoms with Crippen molar-refractivity contribution in [3.05, 3.63) is 74.8 Å².